The maximum Gasteiger partial charge on any atom is 0.123 e. The molecule has 0 aliphatic carbocycles. The molecule has 124 valence electrons. The second kappa shape index (κ2) is 7.53. The van der Waals surface area contributed by atoms with Crippen molar-refractivity contribution >= 4 is 0 Å². The molecule has 0 amide bonds. The van der Waals surface area contributed by atoms with Crippen molar-refractivity contribution in [1.82, 2.24) is 4.90 Å². The molecule has 3 nitrogen and oxygen atoms in total. The first-order chi connectivity index (χ1) is 10.5. The zero-order chi connectivity index (χ0) is 16.2. The predicted molar refractivity (Wildman–Crippen MR) is 86.1 cm³/mol. The van der Waals surface area contributed by atoms with Gasteiger partial charge in [0.25, 0.3) is 0 Å². The Morgan fingerprint density at radius 1 is 1.18 bits per heavy atom. The zero-order valence-electron chi connectivity index (χ0n) is 13.6. The minimum atomic E-state index is -0.595. The number of aliphatic hydroxyl groups excluding tert-OH is 1. The molecule has 0 radical (unpaired) electrons. The average Bonchev–Trinajstić information content (AvgIpc) is 2.55. The summed E-state index contributed by atoms with van der Waals surface area (Å²) >= 11 is 0. The summed E-state index contributed by atoms with van der Waals surface area (Å²) < 4.78 is 13.0. The van der Waals surface area contributed by atoms with Crippen LogP contribution in [0.2, 0.25) is 0 Å². The van der Waals surface area contributed by atoms with Gasteiger partial charge in [0.1, 0.15) is 5.82 Å². The van der Waals surface area contributed by atoms with E-state index in [-0.39, 0.29) is 11.7 Å². The molecule has 1 unspecified atom stereocenters. The van der Waals surface area contributed by atoms with Crippen molar-refractivity contribution in [3.05, 3.63) is 35.6 Å². The van der Waals surface area contributed by atoms with Gasteiger partial charge in [-0.25, -0.2) is 4.39 Å². The highest BCUT2D eigenvalue weighted by Crippen LogP contribution is 2.31. The quantitative estimate of drug-likeness (QED) is 0.848. The molecule has 0 saturated carbocycles. The van der Waals surface area contributed by atoms with Gasteiger partial charge in [-0.1, -0.05) is 26.0 Å². The monoisotopic (exact) mass is 309 g/mol. The van der Waals surface area contributed by atoms with E-state index in [4.69, 9.17) is 0 Å². The fraction of sp³-hybridized carbons (Fsp3) is 0.667. The van der Waals surface area contributed by atoms with E-state index < -0.39 is 11.7 Å². The smallest absolute Gasteiger partial charge is 0.123 e. The maximum absolute atomic E-state index is 13.0. The van der Waals surface area contributed by atoms with Crippen molar-refractivity contribution in [2.75, 3.05) is 19.6 Å². The maximum atomic E-state index is 13.0. The van der Waals surface area contributed by atoms with E-state index in [1.807, 2.05) is 13.8 Å². The lowest BCUT2D eigenvalue weighted by molar-refractivity contribution is -0.0204. The Morgan fingerprint density at radius 2 is 1.73 bits per heavy atom. The second-order valence-electron chi connectivity index (χ2n) is 6.54. The summed E-state index contributed by atoms with van der Waals surface area (Å²) in [6.45, 7) is 6.54. The van der Waals surface area contributed by atoms with Crippen LogP contribution in [0.3, 0.4) is 0 Å². The third kappa shape index (κ3) is 4.28. The summed E-state index contributed by atoms with van der Waals surface area (Å²) in [6, 6.07) is 6.13. The Labute approximate surface area is 132 Å². The highest BCUT2D eigenvalue weighted by Gasteiger charge is 2.30. The average molecular weight is 309 g/mol. The summed E-state index contributed by atoms with van der Waals surface area (Å²) in [5, 5.41) is 20.9. The van der Waals surface area contributed by atoms with Gasteiger partial charge in [0.15, 0.2) is 0 Å². The molecule has 1 aromatic rings. The molecule has 4 heteroatoms. The molecule has 0 bridgehead atoms. The van der Waals surface area contributed by atoms with Crippen molar-refractivity contribution in [3.8, 4) is 0 Å². The summed E-state index contributed by atoms with van der Waals surface area (Å²) in [6.07, 6.45) is 2.81. The molecule has 1 aromatic carbocycles. The first-order valence-corrected chi connectivity index (χ1v) is 8.35. The van der Waals surface area contributed by atoms with Crippen LogP contribution in [0.15, 0.2) is 24.3 Å². The minimum absolute atomic E-state index is 0.207. The first-order valence-electron chi connectivity index (χ1n) is 8.35. The van der Waals surface area contributed by atoms with Crippen LogP contribution in [0.25, 0.3) is 0 Å². The number of hydrogen-bond donors (Lipinski definition) is 2. The first kappa shape index (κ1) is 17.4. The number of rotatable bonds is 6. The molecule has 1 aliphatic heterocycles. The zero-order valence-corrected chi connectivity index (χ0v) is 13.6. The number of aliphatic hydroxyl groups is 2. The van der Waals surface area contributed by atoms with Crippen molar-refractivity contribution in [1.29, 1.82) is 0 Å². The molecule has 22 heavy (non-hydrogen) atoms. The Morgan fingerprint density at radius 3 is 2.23 bits per heavy atom. The molecular weight excluding hydrogens is 281 g/mol. The summed E-state index contributed by atoms with van der Waals surface area (Å²) in [5.74, 6) is -0.0674. The number of halogens is 1. The Kier molecular flexibility index (Phi) is 5.95. The van der Waals surface area contributed by atoms with Crippen molar-refractivity contribution < 1.29 is 14.6 Å². The molecule has 0 aromatic heterocycles. The van der Waals surface area contributed by atoms with Crippen LogP contribution in [-0.4, -0.2) is 40.3 Å². The van der Waals surface area contributed by atoms with Gasteiger partial charge < -0.3 is 15.1 Å². The Hall–Kier alpha value is -0.970. The molecule has 1 atom stereocenters. The van der Waals surface area contributed by atoms with Gasteiger partial charge in [-0.3, -0.25) is 0 Å². The van der Waals surface area contributed by atoms with Crippen LogP contribution in [0.5, 0.6) is 0 Å². The molecule has 1 fully saturated rings. The lowest BCUT2D eigenvalue weighted by Gasteiger charge is -2.38. The van der Waals surface area contributed by atoms with Crippen LogP contribution in [0.4, 0.5) is 4.39 Å². The highest BCUT2D eigenvalue weighted by molar-refractivity contribution is 5.19. The summed E-state index contributed by atoms with van der Waals surface area (Å²) in [5.41, 5.74) is 0.195. The summed E-state index contributed by atoms with van der Waals surface area (Å²) in [7, 11) is 0. The number of likely N-dealkylation sites (tertiary alicyclic amines) is 1. The summed E-state index contributed by atoms with van der Waals surface area (Å²) in [4.78, 5) is 2.29. The molecule has 1 saturated heterocycles. The lowest BCUT2D eigenvalue weighted by atomic mass is 9.86. The minimum Gasteiger partial charge on any atom is -0.389 e. The molecule has 2 rings (SSSR count). The van der Waals surface area contributed by atoms with Crippen LogP contribution >= 0.6 is 0 Å². The van der Waals surface area contributed by atoms with Crippen molar-refractivity contribution in [2.24, 2.45) is 5.92 Å². The van der Waals surface area contributed by atoms with Gasteiger partial charge in [-0.15, -0.1) is 0 Å². The number of piperidine rings is 1. The third-order valence-electron chi connectivity index (χ3n) is 5.12. The van der Waals surface area contributed by atoms with Gasteiger partial charge in [0, 0.05) is 6.54 Å². The SMILES string of the molecule is CCC(O)(CC)CN1CCC(C(O)c2ccc(F)cc2)CC1. The standard InChI is InChI=1S/C18H28FNO2/c1-3-18(22,4-2)13-20-11-9-15(10-12-20)17(21)14-5-7-16(19)8-6-14/h5-8,15,17,21-22H,3-4,9-13H2,1-2H3. The van der Waals surface area contributed by atoms with Crippen molar-refractivity contribution in [3.63, 3.8) is 0 Å². The van der Waals surface area contributed by atoms with E-state index >= 15 is 0 Å². The van der Waals surface area contributed by atoms with Crippen LogP contribution < -0.4 is 0 Å². The van der Waals surface area contributed by atoms with Crippen LogP contribution in [0.1, 0.15) is 51.2 Å². The third-order valence-corrected chi connectivity index (χ3v) is 5.12. The molecular formula is C18H28FNO2. The van der Waals surface area contributed by atoms with E-state index in [9.17, 15) is 14.6 Å². The predicted octanol–water partition coefficient (Wildman–Crippen LogP) is 3.12. The van der Waals surface area contributed by atoms with E-state index in [2.05, 4.69) is 4.90 Å². The van der Waals surface area contributed by atoms with Crippen LogP contribution in [0, 0.1) is 11.7 Å². The van der Waals surface area contributed by atoms with Crippen molar-refractivity contribution in [2.45, 2.75) is 51.2 Å². The number of β-amino-alcohol motifs (C(OH)–C–C–N with tert-alkyl or cyclic N) is 1. The van der Waals surface area contributed by atoms with E-state index in [1.54, 1.807) is 12.1 Å². The van der Waals surface area contributed by atoms with Gasteiger partial charge in [-0.05, 0) is 62.4 Å². The highest BCUT2D eigenvalue weighted by atomic mass is 19.1. The van der Waals surface area contributed by atoms with E-state index in [1.165, 1.54) is 12.1 Å². The molecule has 1 heterocycles. The molecule has 0 spiro atoms. The number of hydrogen-bond acceptors (Lipinski definition) is 3. The largest absolute Gasteiger partial charge is 0.389 e. The van der Waals surface area contributed by atoms with Gasteiger partial charge in [-0.2, -0.15) is 0 Å². The fourth-order valence-corrected chi connectivity index (χ4v) is 3.25. The number of benzene rings is 1. The van der Waals surface area contributed by atoms with Gasteiger partial charge in [0.2, 0.25) is 0 Å². The van der Waals surface area contributed by atoms with E-state index in [0.29, 0.717) is 6.54 Å². The number of nitrogens with zero attached hydrogens (tertiary/aromatic N) is 1. The van der Waals surface area contributed by atoms with E-state index in [0.717, 1.165) is 44.3 Å². The second-order valence-corrected chi connectivity index (χ2v) is 6.54. The fourth-order valence-electron chi connectivity index (χ4n) is 3.25. The topological polar surface area (TPSA) is 43.7 Å². The Bertz CT molecular complexity index is 451. The van der Waals surface area contributed by atoms with Gasteiger partial charge >= 0.3 is 0 Å². The lowest BCUT2D eigenvalue weighted by Crippen LogP contribution is -2.46. The molecule has 2 N–H and O–H groups in total. The Balaban J connectivity index is 1.87. The van der Waals surface area contributed by atoms with Crippen LogP contribution in [-0.2, 0) is 0 Å². The molecule has 1 aliphatic rings. The van der Waals surface area contributed by atoms with Gasteiger partial charge in [0.05, 0.1) is 11.7 Å². The normalized spacial score (nSPS) is 19.3.